The highest BCUT2D eigenvalue weighted by atomic mass is 16.5. The number of hydrogen-bond donors (Lipinski definition) is 1. The van der Waals surface area contributed by atoms with Crippen molar-refractivity contribution in [2.24, 2.45) is 0 Å². The topological polar surface area (TPSA) is 24.5 Å². The predicted molar refractivity (Wildman–Crippen MR) is 68.9 cm³/mol. The van der Waals surface area contributed by atoms with Crippen LogP contribution < -0.4 is 5.32 Å². The molecule has 1 aliphatic heterocycles. The van der Waals surface area contributed by atoms with E-state index in [1.807, 2.05) is 0 Å². The van der Waals surface area contributed by atoms with E-state index in [0.717, 1.165) is 32.8 Å². The van der Waals surface area contributed by atoms with E-state index in [9.17, 15) is 0 Å². The van der Waals surface area contributed by atoms with Gasteiger partial charge in [0.25, 0.3) is 0 Å². The molecule has 1 heterocycles. The van der Waals surface area contributed by atoms with Crippen LogP contribution in [0.25, 0.3) is 0 Å². The van der Waals surface area contributed by atoms with Crippen LogP contribution >= 0.6 is 0 Å². The zero-order chi connectivity index (χ0) is 11.6. The van der Waals surface area contributed by atoms with Crippen LogP contribution in [-0.2, 0) is 4.74 Å². The van der Waals surface area contributed by atoms with Crippen molar-refractivity contribution in [2.45, 2.75) is 45.6 Å². The summed E-state index contributed by atoms with van der Waals surface area (Å²) in [6, 6.07) is 0. The SMILES string of the molecule is CCCCCN1CCO[C@H](CNCCC)C1. The summed E-state index contributed by atoms with van der Waals surface area (Å²) in [6.07, 6.45) is 5.61. The van der Waals surface area contributed by atoms with Gasteiger partial charge < -0.3 is 10.1 Å². The number of ether oxygens (including phenoxy) is 1. The Labute approximate surface area is 101 Å². The lowest BCUT2D eigenvalue weighted by molar-refractivity contribution is -0.0273. The van der Waals surface area contributed by atoms with Gasteiger partial charge in [-0.05, 0) is 25.9 Å². The smallest absolute Gasteiger partial charge is 0.0826 e. The van der Waals surface area contributed by atoms with Crippen molar-refractivity contribution in [2.75, 3.05) is 39.3 Å². The Morgan fingerprint density at radius 1 is 1.25 bits per heavy atom. The van der Waals surface area contributed by atoms with Crippen molar-refractivity contribution in [3.05, 3.63) is 0 Å². The number of morpholine rings is 1. The van der Waals surface area contributed by atoms with E-state index in [2.05, 4.69) is 24.1 Å². The summed E-state index contributed by atoms with van der Waals surface area (Å²) in [5.74, 6) is 0. The van der Waals surface area contributed by atoms with Crippen molar-refractivity contribution in [3.63, 3.8) is 0 Å². The van der Waals surface area contributed by atoms with Gasteiger partial charge in [0.15, 0.2) is 0 Å². The maximum Gasteiger partial charge on any atom is 0.0826 e. The van der Waals surface area contributed by atoms with Crippen LogP contribution in [-0.4, -0.2) is 50.3 Å². The average molecular weight is 228 g/mol. The lowest BCUT2D eigenvalue weighted by atomic mass is 10.2. The van der Waals surface area contributed by atoms with Crippen LogP contribution in [0.15, 0.2) is 0 Å². The van der Waals surface area contributed by atoms with Gasteiger partial charge in [0.05, 0.1) is 12.7 Å². The van der Waals surface area contributed by atoms with Gasteiger partial charge >= 0.3 is 0 Å². The Kier molecular flexibility index (Phi) is 7.81. The number of rotatable bonds is 8. The highest BCUT2D eigenvalue weighted by Crippen LogP contribution is 2.06. The second kappa shape index (κ2) is 8.97. The van der Waals surface area contributed by atoms with E-state index in [4.69, 9.17) is 4.74 Å². The molecule has 1 rings (SSSR count). The summed E-state index contributed by atoms with van der Waals surface area (Å²) in [5, 5.41) is 3.44. The van der Waals surface area contributed by atoms with Crippen LogP contribution in [0.3, 0.4) is 0 Å². The minimum Gasteiger partial charge on any atom is -0.374 e. The van der Waals surface area contributed by atoms with Crippen LogP contribution in [0.2, 0.25) is 0 Å². The van der Waals surface area contributed by atoms with Crippen molar-refractivity contribution in [3.8, 4) is 0 Å². The molecule has 3 heteroatoms. The maximum atomic E-state index is 5.76. The summed E-state index contributed by atoms with van der Waals surface area (Å²) in [6.45, 7) is 11.0. The Balaban J connectivity index is 2.09. The van der Waals surface area contributed by atoms with Crippen LogP contribution in [0, 0.1) is 0 Å². The fraction of sp³-hybridized carbons (Fsp3) is 1.00. The number of nitrogens with zero attached hydrogens (tertiary/aromatic N) is 1. The van der Waals surface area contributed by atoms with E-state index < -0.39 is 0 Å². The van der Waals surface area contributed by atoms with Gasteiger partial charge in [-0.1, -0.05) is 26.7 Å². The Bertz CT molecular complexity index is 148. The molecule has 0 aliphatic carbocycles. The average Bonchev–Trinajstić information content (AvgIpc) is 2.30. The van der Waals surface area contributed by atoms with Gasteiger partial charge in [0.1, 0.15) is 0 Å². The van der Waals surface area contributed by atoms with E-state index >= 15 is 0 Å². The molecule has 1 fully saturated rings. The lowest BCUT2D eigenvalue weighted by Gasteiger charge is -2.33. The molecule has 0 saturated carbocycles. The van der Waals surface area contributed by atoms with Crippen molar-refractivity contribution >= 4 is 0 Å². The van der Waals surface area contributed by atoms with Gasteiger partial charge in [-0.2, -0.15) is 0 Å². The van der Waals surface area contributed by atoms with Gasteiger partial charge in [-0.3, -0.25) is 4.90 Å². The predicted octanol–water partition coefficient (Wildman–Crippen LogP) is 1.88. The molecule has 3 nitrogen and oxygen atoms in total. The molecular formula is C13H28N2O. The molecule has 0 aromatic carbocycles. The summed E-state index contributed by atoms with van der Waals surface area (Å²) in [7, 11) is 0. The first-order chi connectivity index (χ1) is 7.86. The normalized spacial score (nSPS) is 22.5. The van der Waals surface area contributed by atoms with E-state index in [1.165, 1.54) is 32.2 Å². The molecule has 96 valence electrons. The molecule has 16 heavy (non-hydrogen) atoms. The van der Waals surface area contributed by atoms with Crippen molar-refractivity contribution < 1.29 is 4.74 Å². The largest absolute Gasteiger partial charge is 0.374 e. The molecule has 0 bridgehead atoms. The monoisotopic (exact) mass is 228 g/mol. The molecule has 1 aliphatic rings. The first-order valence-electron chi connectivity index (χ1n) is 6.91. The van der Waals surface area contributed by atoms with Gasteiger partial charge in [-0.25, -0.2) is 0 Å². The summed E-state index contributed by atoms with van der Waals surface area (Å²) < 4.78 is 5.76. The summed E-state index contributed by atoms with van der Waals surface area (Å²) in [5.41, 5.74) is 0. The first kappa shape index (κ1) is 13.9. The molecule has 0 spiro atoms. The zero-order valence-electron chi connectivity index (χ0n) is 11.0. The summed E-state index contributed by atoms with van der Waals surface area (Å²) >= 11 is 0. The van der Waals surface area contributed by atoms with Crippen LogP contribution in [0.5, 0.6) is 0 Å². The second-order valence-electron chi connectivity index (χ2n) is 4.70. The molecule has 0 unspecified atom stereocenters. The third-order valence-electron chi connectivity index (χ3n) is 3.10. The first-order valence-corrected chi connectivity index (χ1v) is 6.91. The highest BCUT2D eigenvalue weighted by molar-refractivity contribution is 4.73. The minimum atomic E-state index is 0.405. The van der Waals surface area contributed by atoms with Crippen LogP contribution in [0.1, 0.15) is 39.5 Å². The molecule has 0 aromatic rings. The quantitative estimate of drug-likeness (QED) is 0.642. The standard InChI is InChI=1S/C13H28N2O/c1-3-5-6-8-15-9-10-16-13(12-15)11-14-7-4-2/h13-14H,3-12H2,1-2H3/t13-/m1/s1. The second-order valence-corrected chi connectivity index (χ2v) is 4.70. The fourth-order valence-corrected chi connectivity index (χ4v) is 2.13. The van der Waals surface area contributed by atoms with Gasteiger partial charge in [-0.15, -0.1) is 0 Å². The Morgan fingerprint density at radius 3 is 2.88 bits per heavy atom. The Morgan fingerprint density at radius 2 is 2.12 bits per heavy atom. The molecular weight excluding hydrogens is 200 g/mol. The van der Waals surface area contributed by atoms with E-state index in [0.29, 0.717) is 6.10 Å². The zero-order valence-corrected chi connectivity index (χ0v) is 11.0. The third kappa shape index (κ3) is 5.83. The maximum absolute atomic E-state index is 5.76. The van der Waals surface area contributed by atoms with Gasteiger partial charge in [0, 0.05) is 19.6 Å². The third-order valence-corrected chi connectivity index (χ3v) is 3.10. The van der Waals surface area contributed by atoms with E-state index in [1.54, 1.807) is 0 Å². The minimum absolute atomic E-state index is 0.405. The Hall–Kier alpha value is -0.120. The number of unbranched alkanes of at least 4 members (excludes halogenated alkanes) is 2. The van der Waals surface area contributed by atoms with Crippen molar-refractivity contribution in [1.82, 2.24) is 10.2 Å². The fourth-order valence-electron chi connectivity index (χ4n) is 2.13. The molecule has 0 aromatic heterocycles. The molecule has 1 atom stereocenters. The van der Waals surface area contributed by atoms with Crippen LogP contribution in [0.4, 0.5) is 0 Å². The highest BCUT2D eigenvalue weighted by Gasteiger charge is 2.19. The summed E-state index contributed by atoms with van der Waals surface area (Å²) in [4.78, 5) is 2.55. The number of nitrogens with one attached hydrogen (secondary N) is 1. The molecule has 0 amide bonds. The number of hydrogen-bond acceptors (Lipinski definition) is 3. The van der Waals surface area contributed by atoms with E-state index in [-0.39, 0.29) is 0 Å². The molecule has 1 saturated heterocycles. The molecule has 1 N–H and O–H groups in total. The van der Waals surface area contributed by atoms with Gasteiger partial charge in [0.2, 0.25) is 0 Å². The molecule has 0 radical (unpaired) electrons. The lowest BCUT2D eigenvalue weighted by Crippen LogP contribution is -2.46. The van der Waals surface area contributed by atoms with Crippen molar-refractivity contribution in [1.29, 1.82) is 0 Å².